The van der Waals surface area contributed by atoms with E-state index >= 15 is 0 Å². The molecule has 0 bridgehead atoms. The highest BCUT2D eigenvalue weighted by Crippen LogP contribution is 2.38. The van der Waals surface area contributed by atoms with E-state index in [0.717, 1.165) is 24.8 Å². The third kappa shape index (κ3) is 2.29. The molecule has 1 aliphatic carbocycles. The first-order valence-corrected chi connectivity index (χ1v) is 8.28. The fourth-order valence-corrected chi connectivity index (χ4v) is 3.84. The van der Waals surface area contributed by atoms with Crippen molar-refractivity contribution in [3.05, 3.63) is 63.4 Å². The number of carbonyl (C=O) groups is 1. The van der Waals surface area contributed by atoms with Crippen LogP contribution in [0.1, 0.15) is 53.2 Å². The smallest absolute Gasteiger partial charge is 0.252 e. The molecule has 1 N–H and O–H groups in total. The maximum atomic E-state index is 12.9. The van der Waals surface area contributed by atoms with Crippen LogP contribution in [-0.2, 0) is 0 Å². The van der Waals surface area contributed by atoms with Crippen molar-refractivity contribution in [3.63, 3.8) is 0 Å². The normalized spacial score (nSPS) is 22.1. The molecule has 1 aliphatic heterocycles. The van der Waals surface area contributed by atoms with Gasteiger partial charge in [-0.3, -0.25) is 14.2 Å². The largest absolute Gasteiger partial charge is 0.366 e. The Bertz CT molecular complexity index is 820. The lowest BCUT2D eigenvalue weighted by molar-refractivity contribution is 0.103. The van der Waals surface area contributed by atoms with E-state index in [2.05, 4.69) is 5.32 Å². The lowest BCUT2D eigenvalue weighted by Gasteiger charge is -2.25. The summed E-state index contributed by atoms with van der Waals surface area (Å²) < 4.78 is 1.81. The van der Waals surface area contributed by atoms with E-state index in [-0.39, 0.29) is 23.4 Å². The molecule has 4 nitrogen and oxygen atoms in total. The van der Waals surface area contributed by atoms with Gasteiger partial charge in [-0.1, -0.05) is 42.7 Å². The predicted molar refractivity (Wildman–Crippen MR) is 90.2 cm³/mol. The number of nitrogens with one attached hydrogen (secondary N) is 1. The number of pyridine rings is 1. The molecule has 118 valence electrons. The average molecular weight is 308 g/mol. The summed E-state index contributed by atoms with van der Waals surface area (Å²) in [4.78, 5) is 25.2. The van der Waals surface area contributed by atoms with Gasteiger partial charge >= 0.3 is 0 Å². The van der Waals surface area contributed by atoms with Crippen LogP contribution in [0, 0.1) is 6.92 Å². The number of carbonyl (C=O) groups excluding carboxylic acids is 1. The van der Waals surface area contributed by atoms with Crippen molar-refractivity contribution < 1.29 is 4.79 Å². The third-order valence-electron chi connectivity index (χ3n) is 5.07. The standard InChI is InChI=1S/C19H20N2O2/c1-12-6-8-13(9-7-12)18(23)14-10-11-17(22)21-16-5-3-2-4-15(16)20-19(14)21/h6-11,15-16,20H,2-5H2,1H3/t15-,16+/m1/s1. The molecule has 23 heavy (non-hydrogen) atoms. The Morgan fingerprint density at radius 1 is 1.09 bits per heavy atom. The van der Waals surface area contributed by atoms with Crippen LogP contribution in [0.5, 0.6) is 0 Å². The molecule has 1 aromatic carbocycles. The van der Waals surface area contributed by atoms with Gasteiger partial charge in [0.15, 0.2) is 5.78 Å². The summed E-state index contributed by atoms with van der Waals surface area (Å²) in [6.07, 6.45) is 4.39. The van der Waals surface area contributed by atoms with Gasteiger partial charge in [-0.25, -0.2) is 0 Å². The lowest BCUT2D eigenvalue weighted by atomic mass is 9.91. The monoisotopic (exact) mass is 308 g/mol. The molecule has 1 saturated carbocycles. The lowest BCUT2D eigenvalue weighted by Crippen LogP contribution is -2.29. The van der Waals surface area contributed by atoms with Gasteiger partial charge in [0.25, 0.3) is 5.56 Å². The summed E-state index contributed by atoms with van der Waals surface area (Å²) in [5.74, 6) is 0.680. The van der Waals surface area contributed by atoms with E-state index in [4.69, 9.17) is 0 Å². The molecule has 4 heteroatoms. The minimum Gasteiger partial charge on any atom is -0.366 e. The van der Waals surface area contributed by atoms with Crippen molar-refractivity contribution in [1.82, 2.24) is 4.57 Å². The number of hydrogen-bond acceptors (Lipinski definition) is 3. The van der Waals surface area contributed by atoms with Crippen LogP contribution >= 0.6 is 0 Å². The molecule has 2 aromatic rings. The molecule has 4 rings (SSSR count). The number of aryl methyl sites for hydroxylation is 1. The SMILES string of the molecule is Cc1ccc(C(=O)c2ccc(=O)n3c2N[C@@H]2CCCC[C@@H]23)cc1. The summed E-state index contributed by atoms with van der Waals surface area (Å²) in [5.41, 5.74) is 2.37. The summed E-state index contributed by atoms with van der Waals surface area (Å²) >= 11 is 0. The molecule has 2 heterocycles. The molecule has 2 aliphatic rings. The highest BCUT2D eigenvalue weighted by Gasteiger charge is 2.36. The number of ketones is 1. The van der Waals surface area contributed by atoms with Crippen molar-refractivity contribution in [1.29, 1.82) is 0 Å². The fourth-order valence-electron chi connectivity index (χ4n) is 3.84. The quantitative estimate of drug-likeness (QED) is 0.866. The zero-order chi connectivity index (χ0) is 16.0. The Morgan fingerprint density at radius 2 is 1.83 bits per heavy atom. The maximum absolute atomic E-state index is 12.9. The van der Waals surface area contributed by atoms with Gasteiger partial charge in [0.2, 0.25) is 0 Å². The molecule has 1 fully saturated rings. The van der Waals surface area contributed by atoms with Crippen molar-refractivity contribution >= 4 is 11.6 Å². The molecule has 0 saturated heterocycles. The molecule has 0 spiro atoms. The second kappa shape index (κ2) is 5.37. The van der Waals surface area contributed by atoms with Crippen LogP contribution in [0.15, 0.2) is 41.2 Å². The molecular formula is C19H20N2O2. The molecule has 2 atom stereocenters. The van der Waals surface area contributed by atoms with Gasteiger partial charge in [0.1, 0.15) is 5.82 Å². The molecule has 0 amide bonds. The Kier molecular flexibility index (Phi) is 3.33. The number of rotatable bonds is 2. The van der Waals surface area contributed by atoms with Gasteiger partial charge in [0.05, 0.1) is 11.6 Å². The zero-order valence-electron chi connectivity index (χ0n) is 13.2. The molecule has 1 aromatic heterocycles. The first kappa shape index (κ1) is 14.2. The minimum atomic E-state index is -0.0279. The topological polar surface area (TPSA) is 51.1 Å². The first-order valence-electron chi connectivity index (χ1n) is 8.28. The summed E-state index contributed by atoms with van der Waals surface area (Å²) in [7, 11) is 0. The van der Waals surface area contributed by atoms with E-state index in [1.54, 1.807) is 6.07 Å². The van der Waals surface area contributed by atoms with Gasteiger partial charge in [0, 0.05) is 17.7 Å². The summed E-state index contributed by atoms with van der Waals surface area (Å²) in [6.45, 7) is 2.00. The highest BCUT2D eigenvalue weighted by molar-refractivity contribution is 6.12. The molecular weight excluding hydrogens is 288 g/mol. The zero-order valence-corrected chi connectivity index (χ0v) is 13.2. The van der Waals surface area contributed by atoms with Gasteiger partial charge in [-0.15, -0.1) is 0 Å². The van der Waals surface area contributed by atoms with Crippen molar-refractivity contribution in [3.8, 4) is 0 Å². The van der Waals surface area contributed by atoms with Gasteiger partial charge in [-0.2, -0.15) is 0 Å². The van der Waals surface area contributed by atoms with Crippen LogP contribution < -0.4 is 10.9 Å². The summed E-state index contributed by atoms with van der Waals surface area (Å²) in [5, 5.41) is 3.45. The number of hydrogen-bond donors (Lipinski definition) is 1. The van der Waals surface area contributed by atoms with Gasteiger partial charge in [-0.05, 0) is 25.8 Å². The number of anilines is 1. The Labute approximate surface area is 135 Å². The Balaban J connectivity index is 1.80. The molecule has 0 radical (unpaired) electrons. The Morgan fingerprint density at radius 3 is 2.61 bits per heavy atom. The third-order valence-corrected chi connectivity index (χ3v) is 5.07. The van der Waals surface area contributed by atoms with E-state index in [1.165, 1.54) is 12.5 Å². The maximum Gasteiger partial charge on any atom is 0.252 e. The van der Waals surface area contributed by atoms with Crippen LogP contribution in [0.2, 0.25) is 0 Å². The van der Waals surface area contributed by atoms with Crippen LogP contribution in [0.4, 0.5) is 5.82 Å². The predicted octanol–water partition coefficient (Wildman–Crippen LogP) is 3.30. The summed E-state index contributed by atoms with van der Waals surface area (Å²) in [6, 6.07) is 11.2. The van der Waals surface area contributed by atoms with E-state index in [0.29, 0.717) is 16.9 Å². The second-order valence-corrected chi connectivity index (χ2v) is 6.60. The fraction of sp³-hybridized carbons (Fsp3) is 0.368. The number of fused-ring (bicyclic) bond motifs is 3. The number of aromatic nitrogens is 1. The first-order chi connectivity index (χ1) is 11.1. The van der Waals surface area contributed by atoms with E-state index in [9.17, 15) is 9.59 Å². The number of benzene rings is 1. The highest BCUT2D eigenvalue weighted by atomic mass is 16.1. The minimum absolute atomic E-state index is 0.0117. The van der Waals surface area contributed by atoms with Crippen molar-refractivity contribution in [2.24, 2.45) is 0 Å². The van der Waals surface area contributed by atoms with E-state index in [1.807, 2.05) is 35.8 Å². The second-order valence-electron chi connectivity index (χ2n) is 6.60. The van der Waals surface area contributed by atoms with Crippen LogP contribution in [0.3, 0.4) is 0 Å². The van der Waals surface area contributed by atoms with Crippen molar-refractivity contribution in [2.45, 2.75) is 44.7 Å². The van der Waals surface area contributed by atoms with E-state index < -0.39 is 0 Å². The van der Waals surface area contributed by atoms with Crippen molar-refractivity contribution in [2.75, 3.05) is 5.32 Å². The Hall–Kier alpha value is -2.36. The van der Waals surface area contributed by atoms with Crippen LogP contribution in [-0.4, -0.2) is 16.4 Å². The average Bonchev–Trinajstić information content (AvgIpc) is 2.95. The van der Waals surface area contributed by atoms with Crippen LogP contribution in [0.25, 0.3) is 0 Å². The molecule has 0 unspecified atom stereocenters. The van der Waals surface area contributed by atoms with Gasteiger partial charge < -0.3 is 5.32 Å². The number of nitrogens with zero attached hydrogens (tertiary/aromatic N) is 1.